The number of fused-ring (bicyclic) bond motifs is 12. The van der Waals surface area contributed by atoms with E-state index in [0.29, 0.717) is 48.6 Å². The van der Waals surface area contributed by atoms with Crippen LogP contribution in [0.25, 0.3) is 87.7 Å². The maximum absolute atomic E-state index is 13.9. The number of amides is 1. The van der Waals surface area contributed by atoms with Crippen LogP contribution in [0.15, 0.2) is 249 Å². The molecule has 8 heterocycles. The second-order valence-electron chi connectivity index (χ2n) is 42.7. The van der Waals surface area contributed by atoms with E-state index in [1.807, 2.05) is 49.4 Å². The van der Waals surface area contributed by atoms with Crippen LogP contribution >= 0.6 is 11.6 Å². The molecule has 0 radical (unpaired) electrons. The van der Waals surface area contributed by atoms with E-state index in [9.17, 15) is 29.4 Å². The minimum Gasteiger partial charge on any atom is -0.481 e. The number of benzene rings is 9. The molecule has 8 aromatic heterocycles. The Labute approximate surface area is 846 Å². The van der Waals surface area contributed by atoms with Crippen LogP contribution in [-0.2, 0) is 50.1 Å². The number of halogens is 1. The highest BCUT2D eigenvalue weighted by atomic mass is 35.5. The number of nitrogens with one attached hydrogen (secondary N) is 1. The first-order valence-electron chi connectivity index (χ1n) is 52.7. The summed E-state index contributed by atoms with van der Waals surface area (Å²) in [6, 6.07) is 86.2. The van der Waals surface area contributed by atoms with Crippen molar-refractivity contribution < 1.29 is 34.1 Å². The van der Waals surface area contributed by atoms with Gasteiger partial charge < -0.3 is 38.5 Å². The number of carbonyl (C=O) groups is 4. The van der Waals surface area contributed by atoms with E-state index in [0.717, 1.165) is 182 Å². The quantitative estimate of drug-likeness (QED) is 0.0363. The van der Waals surface area contributed by atoms with E-state index in [2.05, 4.69) is 299 Å². The second-order valence-corrected chi connectivity index (χ2v) is 43.1. The van der Waals surface area contributed by atoms with Gasteiger partial charge in [-0.15, -0.1) is 0 Å². The molecular formula is C126H138ClN9O7. The van der Waals surface area contributed by atoms with E-state index in [4.69, 9.17) is 36.3 Å². The first-order valence-corrected chi connectivity index (χ1v) is 53.1. The summed E-state index contributed by atoms with van der Waals surface area (Å²) in [5, 5.41) is 32.7. The van der Waals surface area contributed by atoms with Gasteiger partial charge in [0.2, 0.25) is 11.1 Å². The van der Waals surface area contributed by atoms with Gasteiger partial charge in [0.05, 0.1) is 58.4 Å². The predicted octanol–water partition coefficient (Wildman–Crippen LogP) is 29.2. The fourth-order valence-electron chi connectivity index (χ4n) is 25.5. The van der Waals surface area contributed by atoms with Crippen LogP contribution in [0.1, 0.15) is 268 Å². The van der Waals surface area contributed by atoms with Crippen molar-refractivity contribution in [2.24, 2.45) is 41.4 Å². The smallest absolute Gasteiger partial charge is 0.313 e. The number of esters is 1. The number of hydrogen-bond donors (Lipinski definition) is 3. The van der Waals surface area contributed by atoms with Gasteiger partial charge in [-0.2, -0.15) is 0 Å². The summed E-state index contributed by atoms with van der Waals surface area (Å²) in [6.07, 6.45) is 21.4. The van der Waals surface area contributed by atoms with Gasteiger partial charge in [0, 0.05) is 92.0 Å². The van der Waals surface area contributed by atoms with Gasteiger partial charge in [-0.25, -0.2) is 19.9 Å². The number of pyridine rings is 4. The van der Waals surface area contributed by atoms with Crippen LogP contribution in [-0.4, -0.2) is 84.2 Å². The topological polar surface area (TPSA) is 201 Å². The van der Waals surface area contributed by atoms with Crippen molar-refractivity contribution in [2.45, 2.75) is 260 Å². The molecule has 0 aliphatic heterocycles. The summed E-state index contributed by atoms with van der Waals surface area (Å²) in [6.45, 7) is 26.5. The zero-order valence-electron chi connectivity index (χ0n) is 85.0. The maximum atomic E-state index is 13.9. The molecule has 16 nitrogen and oxygen atoms in total. The molecule has 1 amide bonds. The van der Waals surface area contributed by atoms with E-state index >= 15 is 0 Å². The number of hydrogen-bond acceptors (Lipinski definition) is 10. The molecule has 0 bridgehead atoms. The largest absolute Gasteiger partial charge is 0.481 e. The normalized spacial score (nSPS) is 17.6. The lowest BCUT2D eigenvalue weighted by molar-refractivity contribution is -0.159. The number of aliphatic hydroxyl groups is 1. The fraction of sp³-hybridized carbons (Fsp3) is 0.381. The number of nitrogens with zero attached hydrogens (tertiary/aromatic N) is 8. The van der Waals surface area contributed by atoms with Gasteiger partial charge in [0.15, 0.2) is 0 Å². The van der Waals surface area contributed by atoms with Crippen molar-refractivity contribution >= 4 is 122 Å². The van der Waals surface area contributed by atoms with Crippen molar-refractivity contribution in [3.8, 4) is 0 Å². The zero-order chi connectivity index (χ0) is 99.4. The summed E-state index contributed by atoms with van der Waals surface area (Å²) in [7, 11) is 0. The molecule has 17 heteroatoms. The number of aliphatic carboxylic acids is 1. The van der Waals surface area contributed by atoms with Gasteiger partial charge in [0.1, 0.15) is 28.7 Å². The molecule has 0 saturated heterocycles. The molecule has 736 valence electrons. The molecule has 9 aromatic carbocycles. The molecule has 3 N–H and O–H groups in total. The van der Waals surface area contributed by atoms with Crippen molar-refractivity contribution in [2.75, 3.05) is 6.61 Å². The summed E-state index contributed by atoms with van der Waals surface area (Å²) >= 11 is 6.02. The molecule has 17 aromatic rings. The third kappa shape index (κ3) is 21.1. The lowest BCUT2D eigenvalue weighted by Gasteiger charge is -2.38. The molecule has 0 unspecified atom stereocenters. The number of carboxylic acid groups (broad SMARTS) is 1. The molecule has 22 rings (SSSR count). The molecular weight excluding hydrogens is 1790 g/mol. The van der Waals surface area contributed by atoms with E-state index in [1.54, 1.807) is 0 Å². The Morgan fingerprint density at radius 1 is 0.371 bits per heavy atom. The predicted molar refractivity (Wildman–Crippen MR) is 582 cm³/mol. The van der Waals surface area contributed by atoms with Crippen LogP contribution in [0.3, 0.4) is 0 Å². The number of aliphatic hydroxyl groups excluding tert-OH is 1. The molecule has 5 fully saturated rings. The number of aromatic nitrogens is 8. The van der Waals surface area contributed by atoms with E-state index < -0.39 is 17.9 Å². The summed E-state index contributed by atoms with van der Waals surface area (Å²) < 4.78 is 15.7. The number of ether oxygens (including phenoxy) is 1. The summed E-state index contributed by atoms with van der Waals surface area (Å²) in [5.74, 6) is 1.29. The molecule has 5 aliphatic carbocycles. The average molecular weight is 1930 g/mol. The first kappa shape index (κ1) is 98.9. The molecule has 8 atom stereocenters. The van der Waals surface area contributed by atoms with Crippen molar-refractivity contribution in [1.82, 2.24) is 43.5 Å². The number of para-hydroxylation sites is 4. The molecule has 0 spiro atoms. The SMILES string of the molecule is Cc1cc(C)c2c3ccccc3n(Cc3ccc([C@@H](C(=O)Cl)C4CCCC4)cc3)c2n1.Cc1cc(C)c2c3ccccc3n(Cc3ccc([C@@H](C(=O)N[C@@H](CO)c4ccccc4)C4CCCC4)cc3)c2n1.Cc1cc(C)c2c3ccccc3n(Cc3ccc([C@@H](C(=O)O)C4CCCC4)cc3)c2n1.Cc1cc(C)c2c3ccccc3n(Cc3ccc([C@@H](C(=O)O[C@H]4C[C@@H](C)CC[C@@H]4C(C)C)C4CCCC4)cc3)c2n1. The Morgan fingerprint density at radius 3 is 0.986 bits per heavy atom. The lowest BCUT2D eigenvalue weighted by atomic mass is 9.75. The number of carbonyl (C=O) groups excluding carboxylic acids is 3. The Bertz CT molecular complexity index is 7250. The standard InChI is InChI=1S/C37H46N2O2.C35H37N3O2.C27H27ClN2O.C27H28N2O2/c1-23(2)30-19-14-24(3)20-33(30)41-37(40)35(28-10-6-7-11-28)29-17-15-27(16-18-29)22-39-32-13-9-8-12-31(32)34-25(4)21-26(5)38-36(34)39;1-23-20-24(2)36-34-32(23)29-14-8-9-15-31(29)38(34)21-25-16-18-28(19-17-25)33(27-12-6-7-13-27)35(40)37-30(22-39)26-10-4-3-5-11-26;1-17-15-18(2)29-27-24(17)22-9-5-6-10-23(22)30(27)16-19-11-13-21(14-12-19)25(26(28)31)20-7-3-4-8-20;1-17-15-18(2)28-26-24(17)22-9-5-6-10-23(22)29(26)16-19-11-13-21(14-12-19)25(27(30)31)20-7-3-4-8-20/h8-9,12-13,15-18,21,23-24,28,30,33,35H,6-7,10-11,14,19-20,22H2,1-5H3;3-5,8-11,14-20,27,30,33,39H,6-7,12-13,21-22H2,1-2H3,(H,37,40);5-6,9-15,20,25H,3-4,7-8,16H2,1-2H3;5-6,9-15,20,25H,3-4,7-8,16H2,1-2H3,(H,30,31)/t24-,30+,33-,35-;30-,33-;2*25-/m0000/s1. The highest BCUT2D eigenvalue weighted by Gasteiger charge is 2.41. The van der Waals surface area contributed by atoms with E-state index in [-0.39, 0.29) is 53.5 Å². The van der Waals surface area contributed by atoms with Crippen molar-refractivity contribution in [1.29, 1.82) is 0 Å². The number of aryl methyl sites for hydroxylation is 8. The minimum atomic E-state index is -0.697. The summed E-state index contributed by atoms with van der Waals surface area (Å²) in [4.78, 5) is 71.5. The lowest BCUT2D eigenvalue weighted by Crippen LogP contribution is -2.37. The number of carboxylic acids is 1. The molecule has 5 saturated carbocycles. The van der Waals surface area contributed by atoms with Crippen LogP contribution in [0.5, 0.6) is 0 Å². The Hall–Kier alpha value is -12.9. The first-order chi connectivity index (χ1) is 69.4. The van der Waals surface area contributed by atoms with Gasteiger partial charge in [0.25, 0.3) is 0 Å². The van der Waals surface area contributed by atoms with Gasteiger partial charge in [-0.05, 0) is 293 Å². The van der Waals surface area contributed by atoms with Gasteiger partial charge >= 0.3 is 11.9 Å². The Kier molecular flexibility index (Phi) is 30.2. The monoisotopic (exact) mass is 1920 g/mol. The molecule has 5 aliphatic rings. The highest BCUT2D eigenvalue weighted by Crippen LogP contribution is 2.47. The zero-order valence-corrected chi connectivity index (χ0v) is 85.8. The third-order valence-corrected chi connectivity index (χ3v) is 32.6. The van der Waals surface area contributed by atoms with Crippen LogP contribution in [0.4, 0.5) is 0 Å². The van der Waals surface area contributed by atoms with Crippen LogP contribution in [0.2, 0.25) is 0 Å². The third-order valence-electron chi connectivity index (χ3n) is 32.4. The van der Waals surface area contributed by atoms with Crippen molar-refractivity contribution in [3.63, 3.8) is 0 Å². The highest BCUT2D eigenvalue weighted by molar-refractivity contribution is 6.64. The van der Waals surface area contributed by atoms with Crippen molar-refractivity contribution in [3.05, 3.63) is 344 Å². The minimum absolute atomic E-state index is 0.0000936. The van der Waals surface area contributed by atoms with Crippen LogP contribution < -0.4 is 5.32 Å². The fourth-order valence-corrected chi connectivity index (χ4v) is 25.8. The maximum Gasteiger partial charge on any atom is 0.313 e. The summed E-state index contributed by atoms with van der Waals surface area (Å²) in [5.41, 5.74) is 27.8. The second kappa shape index (κ2) is 43.7. The van der Waals surface area contributed by atoms with Crippen LogP contribution in [0, 0.1) is 96.8 Å². The molecule has 143 heavy (non-hydrogen) atoms. The van der Waals surface area contributed by atoms with Gasteiger partial charge in [-0.1, -0.05) is 279 Å². The van der Waals surface area contributed by atoms with E-state index in [1.165, 1.54) is 136 Å². The number of rotatable bonds is 25. The Balaban J connectivity index is 0.000000122. The average Bonchev–Trinajstić information content (AvgIpc) is 1.61. The Morgan fingerprint density at radius 2 is 0.664 bits per heavy atom. The van der Waals surface area contributed by atoms with Gasteiger partial charge in [-0.3, -0.25) is 19.2 Å².